The van der Waals surface area contributed by atoms with Crippen LogP contribution in [0, 0.1) is 0 Å². The van der Waals surface area contributed by atoms with Crippen molar-refractivity contribution in [1.82, 2.24) is 9.88 Å². The van der Waals surface area contributed by atoms with Crippen molar-refractivity contribution in [2.75, 3.05) is 7.05 Å². The highest BCUT2D eigenvalue weighted by atomic mass is 32.1. The SMILES string of the molecule is CCCc1nc(CN(C)C2(CC(=O)O)CCCCC2)cs1. The van der Waals surface area contributed by atoms with E-state index in [2.05, 4.69) is 29.2 Å². The molecule has 1 aromatic heterocycles. The molecule has 0 amide bonds. The summed E-state index contributed by atoms with van der Waals surface area (Å²) in [6.45, 7) is 2.92. The average molecular weight is 310 g/mol. The summed E-state index contributed by atoms with van der Waals surface area (Å²) >= 11 is 1.72. The van der Waals surface area contributed by atoms with Crippen LogP contribution in [0.4, 0.5) is 0 Å². The molecule has 118 valence electrons. The molecule has 0 aliphatic heterocycles. The van der Waals surface area contributed by atoms with E-state index >= 15 is 0 Å². The Morgan fingerprint density at radius 3 is 2.76 bits per heavy atom. The van der Waals surface area contributed by atoms with Crippen molar-refractivity contribution < 1.29 is 9.90 Å². The number of carboxylic acid groups (broad SMARTS) is 1. The fourth-order valence-corrected chi connectivity index (χ4v) is 4.24. The van der Waals surface area contributed by atoms with E-state index in [1.807, 2.05) is 0 Å². The molecule has 1 saturated carbocycles. The zero-order valence-electron chi connectivity index (χ0n) is 13.1. The van der Waals surface area contributed by atoms with Crippen molar-refractivity contribution >= 4 is 17.3 Å². The van der Waals surface area contributed by atoms with Crippen LogP contribution in [0.25, 0.3) is 0 Å². The van der Waals surface area contributed by atoms with Gasteiger partial charge in [-0.15, -0.1) is 11.3 Å². The molecule has 2 rings (SSSR count). The van der Waals surface area contributed by atoms with Crippen LogP contribution in [0.15, 0.2) is 5.38 Å². The van der Waals surface area contributed by atoms with Crippen LogP contribution in [-0.2, 0) is 17.8 Å². The van der Waals surface area contributed by atoms with Crippen LogP contribution in [-0.4, -0.2) is 33.5 Å². The van der Waals surface area contributed by atoms with Crippen LogP contribution < -0.4 is 0 Å². The number of carboxylic acids is 1. The summed E-state index contributed by atoms with van der Waals surface area (Å²) in [5.74, 6) is -0.686. The first kappa shape index (κ1) is 16.4. The molecule has 0 spiro atoms. The van der Waals surface area contributed by atoms with Gasteiger partial charge < -0.3 is 5.11 Å². The Balaban J connectivity index is 2.06. The number of hydrogen-bond acceptors (Lipinski definition) is 4. The molecule has 0 bridgehead atoms. The molecule has 1 fully saturated rings. The second kappa shape index (κ2) is 7.36. The predicted molar refractivity (Wildman–Crippen MR) is 85.6 cm³/mol. The van der Waals surface area contributed by atoms with E-state index in [0.717, 1.165) is 50.8 Å². The Kier molecular flexibility index (Phi) is 5.76. The summed E-state index contributed by atoms with van der Waals surface area (Å²) in [6.07, 6.45) is 7.87. The zero-order chi connectivity index (χ0) is 15.3. The van der Waals surface area contributed by atoms with Crippen molar-refractivity contribution in [3.05, 3.63) is 16.1 Å². The number of hydrogen-bond donors (Lipinski definition) is 1. The van der Waals surface area contributed by atoms with E-state index in [4.69, 9.17) is 0 Å². The van der Waals surface area contributed by atoms with Crippen molar-refractivity contribution in [3.8, 4) is 0 Å². The van der Waals surface area contributed by atoms with Crippen LogP contribution in [0.5, 0.6) is 0 Å². The van der Waals surface area contributed by atoms with Crippen molar-refractivity contribution in [3.63, 3.8) is 0 Å². The molecule has 1 aromatic rings. The summed E-state index contributed by atoms with van der Waals surface area (Å²) in [6, 6.07) is 0. The maximum absolute atomic E-state index is 11.3. The number of rotatable bonds is 7. The van der Waals surface area contributed by atoms with Crippen LogP contribution >= 0.6 is 11.3 Å². The van der Waals surface area contributed by atoms with Gasteiger partial charge in [0.15, 0.2) is 0 Å². The third kappa shape index (κ3) is 4.27. The number of aromatic nitrogens is 1. The molecule has 1 N–H and O–H groups in total. The van der Waals surface area contributed by atoms with Gasteiger partial charge in [0.1, 0.15) is 0 Å². The zero-order valence-corrected chi connectivity index (χ0v) is 13.9. The second-order valence-electron chi connectivity index (χ2n) is 6.19. The summed E-state index contributed by atoms with van der Waals surface area (Å²) in [4.78, 5) is 18.2. The normalized spacial score (nSPS) is 18.0. The molecule has 4 nitrogen and oxygen atoms in total. The average Bonchev–Trinajstić information content (AvgIpc) is 2.87. The van der Waals surface area contributed by atoms with Gasteiger partial charge in [0.2, 0.25) is 0 Å². The van der Waals surface area contributed by atoms with Crippen LogP contribution in [0.2, 0.25) is 0 Å². The van der Waals surface area contributed by atoms with Gasteiger partial charge in [-0.1, -0.05) is 26.2 Å². The molecule has 21 heavy (non-hydrogen) atoms. The summed E-state index contributed by atoms with van der Waals surface area (Å²) < 4.78 is 0. The smallest absolute Gasteiger partial charge is 0.305 e. The lowest BCUT2D eigenvalue weighted by Gasteiger charge is -2.43. The van der Waals surface area contributed by atoms with Crippen LogP contribution in [0.1, 0.15) is 62.6 Å². The van der Waals surface area contributed by atoms with Crippen LogP contribution in [0.3, 0.4) is 0 Å². The van der Waals surface area contributed by atoms with E-state index < -0.39 is 5.97 Å². The molecule has 0 atom stereocenters. The molecule has 0 unspecified atom stereocenters. The van der Waals surface area contributed by atoms with Crippen molar-refractivity contribution in [2.24, 2.45) is 0 Å². The summed E-state index contributed by atoms with van der Waals surface area (Å²) in [7, 11) is 2.06. The molecule has 0 saturated heterocycles. The predicted octanol–water partition coefficient (Wildman–Crippen LogP) is 3.71. The van der Waals surface area contributed by atoms with Gasteiger partial charge in [0.05, 0.1) is 17.1 Å². The molecular formula is C16H26N2O2S. The monoisotopic (exact) mass is 310 g/mol. The molecule has 1 aliphatic rings. The Bertz CT molecular complexity index is 467. The van der Waals surface area contributed by atoms with E-state index in [9.17, 15) is 9.90 Å². The van der Waals surface area contributed by atoms with Gasteiger partial charge in [-0.2, -0.15) is 0 Å². The number of nitrogens with zero attached hydrogens (tertiary/aromatic N) is 2. The third-order valence-electron chi connectivity index (χ3n) is 4.54. The standard InChI is InChI=1S/C16H26N2O2S/c1-3-7-14-17-13(12-21-14)11-18(2)16(10-15(19)20)8-5-4-6-9-16/h12H,3-11H2,1-2H3,(H,19,20). The topological polar surface area (TPSA) is 53.4 Å². The van der Waals surface area contributed by atoms with Crippen molar-refractivity contribution in [1.29, 1.82) is 0 Å². The Morgan fingerprint density at radius 1 is 1.43 bits per heavy atom. The molecule has 1 aliphatic carbocycles. The first-order chi connectivity index (χ1) is 10.1. The first-order valence-corrected chi connectivity index (χ1v) is 8.80. The minimum absolute atomic E-state index is 0.182. The minimum Gasteiger partial charge on any atom is -0.481 e. The first-order valence-electron chi connectivity index (χ1n) is 7.92. The number of thiazole rings is 1. The summed E-state index contributed by atoms with van der Waals surface area (Å²) in [5.41, 5.74) is 0.903. The second-order valence-corrected chi connectivity index (χ2v) is 7.14. The Morgan fingerprint density at radius 2 is 2.14 bits per heavy atom. The lowest BCUT2D eigenvalue weighted by molar-refractivity contribution is -0.141. The quantitative estimate of drug-likeness (QED) is 0.834. The van der Waals surface area contributed by atoms with Gasteiger partial charge in [-0.05, 0) is 32.7 Å². The lowest BCUT2D eigenvalue weighted by Crippen LogP contribution is -2.49. The Labute approximate surface area is 131 Å². The number of carbonyl (C=O) groups is 1. The minimum atomic E-state index is -0.686. The van der Waals surface area contributed by atoms with Gasteiger partial charge in [0.25, 0.3) is 0 Å². The fraction of sp³-hybridized carbons (Fsp3) is 0.750. The van der Waals surface area contributed by atoms with Gasteiger partial charge in [0, 0.05) is 17.5 Å². The largest absolute Gasteiger partial charge is 0.481 e. The fourth-order valence-electron chi connectivity index (χ4n) is 3.35. The van der Waals surface area contributed by atoms with E-state index in [1.165, 1.54) is 11.4 Å². The van der Waals surface area contributed by atoms with Gasteiger partial charge in [-0.25, -0.2) is 4.98 Å². The molecule has 5 heteroatoms. The highest BCUT2D eigenvalue weighted by molar-refractivity contribution is 7.09. The maximum atomic E-state index is 11.3. The van der Waals surface area contributed by atoms with E-state index in [-0.39, 0.29) is 12.0 Å². The van der Waals surface area contributed by atoms with Crippen molar-refractivity contribution in [2.45, 2.75) is 70.4 Å². The van der Waals surface area contributed by atoms with Gasteiger partial charge >= 0.3 is 5.97 Å². The third-order valence-corrected chi connectivity index (χ3v) is 5.49. The molecule has 0 aromatic carbocycles. The summed E-state index contributed by atoms with van der Waals surface area (Å²) in [5, 5.41) is 12.6. The lowest BCUT2D eigenvalue weighted by atomic mass is 9.78. The highest BCUT2D eigenvalue weighted by Crippen LogP contribution is 2.36. The number of aryl methyl sites for hydroxylation is 1. The molecular weight excluding hydrogens is 284 g/mol. The Hall–Kier alpha value is -0.940. The number of aliphatic carboxylic acids is 1. The highest BCUT2D eigenvalue weighted by Gasteiger charge is 2.38. The molecule has 0 radical (unpaired) electrons. The van der Waals surface area contributed by atoms with E-state index in [0.29, 0.717) is 0 Å². The maximum Gasteiger partial charge on any atom is 0.305 e. The van der Waals surface area contributed by atoms with E-state index in [1.54, 1.807) is 11.3 Å². The molecule has 1 heterocycles. The van der Waals surface area contributed by atoms with Gasteiger partial charge in [-0.3, -0.25) is 9.69 Å².